The zero-order valence-corrected chi connectivity index (χ0v) is 13.7. The summed E-state index contributed by atoms with van der Waals surface area (Å²) in [6.07, 6.45) is 5.05. The monoisotopic (exact) mass is 321 g/mol. The average Bonchev–Trinajstić information content (AvgIpc) is 2.56. The van der Waals surface area contributed by atoms with Crippen LogP contribution >= 0.6 is 11.8 Å². The summed E-state index contributed by atoms with van der Waals surface area (Å²) >= 11 is 1.54. The minimum atomic E-state index is -0.664. The molecule has 1 heterocycles. The predicted octanol–water partition coefficient (Wildman–Crippen LogP) is 2.23. The fraction of sp³-hybridized carbons (Fsp3) is 0.400. The van der Waals surface area contributed by atoms with Crippen LogP contribution < -0.4 is 4.90 Å². The molecule has 0 bridgehead atoms. The Hall–Kier alpha value is -2.04. The van der Waals surface area contributed by atoms with E-state index in [0.29, 0.717) is 13.2 Å². The third-order valence-electron chi connectivity index (χ3n) is 2.67. The maximum Gasteiger partial charge on any atom is 0.350 e. The first kappa shape index (κ1) is 18.0. The molecule has 0 aliphatic rings. The van der Waals surface area contributed by atoms with E-state index in [1.807, 2.05) is 31.4 Å². The van der Waals surface area contributed by atoms with Crippen molar-refractivity contribution in [3.8, 4) is 6.07 Å². The Bertz CT molecular complexity index is 552. The van der Waals surface area contributed by atoms with Crippen LogP contribution in [0.15, 0.2) is 35.1 Å². The molecular weight excluding hydrogens is 302 g/mol. The lowest BCUT2D eigenvalue weighted by molar-refractivity contribution is -0.140. The molecule has 0 fully saturated rings. The Balaban J connectivity index is 2.69. The van der Waals surface area contributed by atoms with Crippen LogP contribution in [-0.2, 0) is 14.3 Å². The lowest BCUT2D eigenvalue weighted by atomic mass is 10.3. The minimum absolute atomic E-state index is 0.0760. The van der Waals surface area contributed by atoms with Gasteiger partial charge < -0.3 is 14.4 Å². The first-order valence-corrected chi connectivity index (χ1v) is 7.94. The quantitative estimate of drug-likeness (QED) is 0.239. The van der Waals surface area contributed by atoms with E-state index in [0.717, 1.165) is 10.7 Å². The molecule has 0 radical (unpaired) electrons. The number of rotatable bonds is 8. The second-order valence-electron chi connectivity index (χ2n) is 4.16. The van der Waals surface area contributed by atoms with Crippen molar-refractivity contribution in [1.82, 2.24) is 4.98 Å². The number of esters is 1. The number of carbonyl (C=O) groups excluding carboxylic acids is 1. The number of hydrogen-bond acceptors (Lipinski definition) is 7. The van der Waals surface area contributed by atoms with Gasteiger partial charge in [0, 0.05) is 19.9 Å². The van der Waals surface area contributed by atoms with Crippen molar-refractivity contribution < 1.29 is 14.3 Å². The highest BCUT2D eigenvalue weighted by molar-refractivity contribution is 7.98. The van der Waals surface area contributed by atoms with Crippen LogP contribution in [0.25, 0.3) is 0 Å². The average molecular weight is 321 g/mol. The van der Waals surface area contributed by atoms with Crippen molar-refractivity contribution in [3.05, 3.63) is 30.1 Å². The third-order valence-corrected chi connectivity index (χ3v) is 3.32. The summed E-state index contributed by atoms with van der Waals surface area (Å²) in [5, 5.41) is 9.98. The molecular formula is C15H19N3O3S. The summed E-state index contributed by atoms with van der Waals surface area (Å²) < 4.78 is 10.0. The van der Waals surface area contributed by atoms with Crippen molar-refractivity contribution in [2.24, 2.45) is 0 Å². The van der Waals surface area contributed by atoms with Gasteiger partial charge in [-0.2, -0.15) is 5.26 Å². The summed E-state index contributed by atoms with van der Waals surface area (Å²) in [6.45, 7) is 2.85. The van der Waals surface area contributed by atoms with Crippen LogP contribution in [0.5, 0.6) is 0 Å². The topological polar surface area (TPSA) is 75.5 Å². The first-order chi connectivity index (χ1) is 10.6. The maximum atomic E-state index is 11.8. The van der Waals surface area contributed by atoms with Gasteiger partial charge in [-0.1, -0.05) is 0 Å². The second kappa shape index (κ2) is 9.82. The van der Waals surface area contributed by atoms with Gasteiger partial charge in [-0.3, -0.25) is 0 Å². The van der Waals surface area contributed by atoms with Crippen LogP contribution in [0.2, 0.25) is 0 Å². The molecule has 0 aliphatic heterocycles. The summed E-state index contributed by atoms with van der Waals surface area (Å²) in [4.78, 5) is 17.7. The zero-order valence-electron chi connectivity index (χ0n) is 12.9. The molecule has 0 saturated carbocycles. The predicted molar refractivity (Wildman–Crippen MR) is 85.6 cm³/mol. The maximum absolute atomic E-state index is 11.8. The molecule has 1 aromatic rings. The van der Waals surface area contributed by atoms with Crippen molar-refractivity contribution >= 4 is 23.4 Å². The van der Waals surface area contributed by atoms with E-state index in [1.165, 1.54) is 6.20 Å². The van der Waals surface area contributed by atoms with Crippen LogP contribution in [-0.4, -0.2) is 44.1 Å². The SMILES string of the molecule is CCOCCOC(=O)/C(C#N)=C\N(C)c1ccc(SC)nc1. The van der Waals surface area contributed by atoms with Crippen molar-refractivity contribution in [2.75, 3.05) is 38.0 Å². The third kappa shape index (κ3) is 5.76. The summed E-state index contributed by atoms with van der Waals surface area (Å²) in [7, 11) is 1.74. The normalized spacial score (nSPS) is 10.9. The van der Waals surface area contributed by atoms with Gasteiger partial charge in [0.25, 0.3) is 0 Å². The zero-order chi connectivity index (χ0) is 16.4. The van der Waals surface area contributed by atoms with E-state index in [4.69, 9.17) is 14.7 Å². The molecule has 0 N–H and O–H groups in total. The number of pyridine rings is 1. The standard InChI is InChI=1S/C15H19N3O3S/c1-4-20-7-8-21-15(19)12(9-16)11-18(2)13-5-6-14(22-3)17-10-13/h5-6,10-11H,4,7-8H2,1-3H3/b12-11-. The molecule has 0 spiro atoms. The molecule has 0 amide bonds. The van der Waals surface area contributed by atoms with Gasteiger partial charge in [0.05, 0.1) is 23.5 Å². The van der Waals surface area contributed by atoms with Gasteiger partial charge in [-0.15, -0.1) is 11.8 Å². The van der Waals surface area contributed by atoms with Crippen LogP contribution in [0, 0.1) is 11.3 Å². The molecule has 0 atom stereocenters. The number of hydrogen-bond donors (Lipinski definition) is 0. The van der Waals surface area contributed by atoms with E-state index in [1.54, 1.807) is 29.9 Å². The fourth-order valence-electron chi connectivity index (χ4n) is 1.51. The van der Waals surface area contributed by atoms with Gasteiger partial charge >= 0.3 is 5.97 Å². The molecule has 0 aliphatic carbocycles. The second-order valence-corrected chi connectivity index (χ2v) is 4.98. The van der Waals surface area contributed by atoms with E-state index in [-0.39, 0.29) is 12.2 Å². The van der Waals surface area contributed by atoms with Crippen LogP contribution in [0.1, 0.15) is 6.92 Å². The number of nitrogens with zero attached hydrogens (tertiary/aromatic N) is 3. The summed E-state index contributed by atoms with van der Waals surface area (Å²) in [6, 6.07) is 5.58. The van der Waals surface area contributed by atoms with Crippen molar-refractivity contribution in [2.45, 2.75) is 11.9 Å². The molecule has 7 heteroatoms. The number of thioether (sulfide) groups is 1. The largest absolute Gasteiger partial charge is 0.459 e. The van der Waals surface area contributed by atoms with Crippen molar-refractivity contribution in [1.29, 1.82) is 5.26 Å². The number of ether oxygens (including phenoxy) is 2. The molecule has 1 aromatic heterocycles. The lowest BCUT2D eigenvalue weighted by Crippen LogP contribution is -2.16. The lowest BCUT2D eigenvalue weighted by Gasteiger charge is -2.14. The summed E-state index contributed by atoms with van der Waals surface area (Å²) in [5.74, 6) is -0.664. The molecule has 0 saturated heterocycles. The van der Waals surface area contributed by atoms with Gasteiger partial charge in [-0.25, -0.2) is 9.78 Å². The Morgan fingerprint density at radius 2 is 2.27 bits per heavy atom. The van der Waals surface area contributed by atoms with E-state index in [2.05, 4.69) is 4.98 Å². The highest BCUT2D eigenvalue weighted by Gasteiger charge is 2.12. The van der Waals surface area contributed by atoms with Crippen LogP contribution in [0.3, 0.4) is 0 Å². The van der Waals surface area contributed by atoms with E-state index < -0.39 is 5.97 Å². The number of anilines is 1. The molecule has 0 unspecified atom stereocenters. The smallest absolute Gasteiger partial charge is 0.350 e. The Labute approximate surface area is 134 Å². The first-order valence-electron chi connectivity index (χ1n) is 6.72. The molecule has 118 valence electrons. The fourth-order valence-corrected chi connectivity index (χ4v) is 1.87. The van der Waals surface area contributed by atoms with Crippen molar-refractivity contribution in [3.63, 3.8) is 0 Å². The van der Waals surface area contributed by atoms with Crippen LogP contribution in [0.4, 0.5) is 5.69 Å². The number of nitriles is 1. The molecule has 6 nitrogen and oxygen atoms in total. The highest BCUT2D eigenvalue weighted by atomic mass is 32.2. The Morgan fingerprint density at radius 1 is 1.50 bits per heavy atom. The van der Waals surface area contributed by atoms with Gasteiger partial charge in [0.1, 0.15) is 12.7 Å². The van der Waals surface area contributed by atoms with E-state index in [9.17, 15) is 4.79 Å². The van der Waals surface area contributed by atoms with Gasteiger partial charge in [0.2, 0.25) is 0 Å². The van der Waals surface area contributed by atoms with Gasteiger partial charge in [0.15, 0.2) is 5.57 Å². The Kier molecular flexibility index (Phi) is 8.04. The molecule has 0 aromatic carbocycles. The van der Waals surface area contributed by atoms with Gasteiger partial charge in [-0.05, 0) is 25.3 Å². The molecule has 1 rings (SSSR count). The highest BCUT2D eigenvalue weighted by Crippen LogP contribution is 2.17. The Morgan fingerprint density at radius 3 is 2.82 bits per heavy atom. The number of aromatic nitrogens is 1. The summed E-state index contributed by atoms with van der Waals surface area (Å²) in [5.41, 5.74) is 0.695. The minimum Gasteiger partial charge on any atom is -0.459 e. The van der Waals surface area contributed by atoms with E-state index >= 15 is 0 Å². The number of carbonyl (C=O) groups is 1. The molecule has 22 heavy (non-hydrogen) atoms.